The first-order valence-electron chi connectivity index (χ1n) is 6.60. The van der Waals surface area contributed by atoms with Crippen LogP contribution in [0.5, 0.6) is 0 Å². The molecule has 22 heavy (non-hydrogen) atoms. The third-order valence-electron chi connectivity index (χ3n) is 2.90. The zero-order chi connectivity index (χ0) is 15.9. The van der Waals surface area contributed by atoms with Crippen molar-refractivity contribution in [2.24, 2.45) is 0 Å². The molecule has 0 unspecified atom stereocenters. The second kappa shape index (κ2) is 7.79. The van der Waals surface area contributed by atoms with Crippen LogP contribution in [0.4, 0.5) is 11.4 Å². The average molecular weight is 410 g/mol. The van der Waals surface area contributed by atoms with Gasteiger partial charge in [0.25, 0.3) is 5.91 Å². The largest absolute Gasteiger partial charge is 0.452 e. The highest BCUT2D eigenvalue weighted by molar-refractivity contribution is 14.1. The SMILES string of the molecule is CNc1ccccc1C(=O)OCC(=O)Nc1ccccc1I. The van der Waals surface area contributed by atoms with E-state index in [1.807, 2.05) is 24.3 Å². The second-order valence-corrected chi connectivity index (χ2v) is 5.56. The minimum absolute atomic E-state index is 0.331. The van der Waals surface area contributed by atoms with Crippen molar-refractivity contribution in [2.75, 3.05) is 24.3 Å². The van der Waals surface area contributed by atoms with Gasteiger partial charge in [0.05, 0.1) is 11.3 Å². The summed E-state index contributed by atoms with van der Waals surface area (Å²) in [6, 6.07) is 14.3. The van der Waals surface area contributed by atoms with Gasteiger partial charge in [0, 0.05) is 16.3 Å². The van der Waals surface area contributed by atoms with Gasteiger partial charge in [-0.15, -0.1) is 0 Å². The summed E-state index contributed by atoms with van der Waals surface area (Å²) in [7, 11) is 1.72. The number of esters is 1. The van der Waals surface area contributed by atoms with Gasteiger partial charge in [-0.1, -0.05) is 24.3 Å². The summed E-state index contributed by atoms with van der Waals surface area (Å²) in [5.41, 5.74) is 1.75. The molecule has 0 aliphatic heterocycles. The van der Waals surface area contributed by atoms with E-state index in [2.05, 4.69) is 33.2 Å². The van der Waals surface area contributed by atoms with E-state index in [4.69, 9.17) is 4.74 Å². The number of amides is 1. The Morgan fingerprint density at radius 3 is 2.36 bits per heavy atom. The van der Waals surface area contributed by atoms with Gasteiger partial charge in [0.2, 0.25) is 0 Å². The van der Waals surface area contributed by atoms with Crippen LogP contribution in [0.1, 0.15) is 10.4 Å². The van der Waals surface area contributed by atoms with Crippen molar-refractivity contribution in [1.29, 1.82) is 0 Å². The number of ether oxygens (including phenoxy) is 1. The molecule has 2 N–H and O–H groups in total. The second-order valence-electron chi connectivity index (χ2n) is 4.40. The molecule has 0 saturated carbocycles. The third kappa shape index (κ3) is 4.20. The van der Waals surface area contributed by atoms with Gasteiger partial charge in [-0.25, -0.2) is 4.79 Å². The van der Waals surface area contributed by atoms with Crippen LogP contribution in [0.15, 0.2) is 48.5 Å². The molecule has 2 aromatic rings. The number of para-hydroxylation sites is 2. The molecule has 0 saturated heterocycles. The molecule has 0 heterocycles. The van der Waals surface area contributed by atoms with Gasteiger partial charge in [-0.2, -0.15) is 0 Å². The quantitative estimate of drug-likeness (QED) is 0.587. The number of benzene rings is 2. The molecule has 0 aliphatic carbocycles. The Morgan fingerprint density at radius 1 is 1.05 bits per heavy atom. The van der Waals surface area contributed by atoms with E-state index in [1.165, 1.54) is 0 Å². The monoisotopic (exact) mass is 410 g/mol. The Hall–Kier alpha value is -2.09. The average Bonchev–Trinajstić information content (AvgIpc) is 2.54. The molecular formula is C16H15IN2O3. The third-order valence-corrected chi connectivity index (χ3v) is 3.84. The Morgan fingerprint density at radius 2 is 1.68 bits per heavy atom. The van der Waals surface area contributed by atoms with Crippen LogP contribution < -0.4 is 10.6 Å². The first-order valence-corrected chi connectivity index (χ1v) is 7.68. The lowest BCUT2D eigenvalue weighted by Crippen LogP contribution is -2.21. The van der Waals surface area contributed by atoms with Crippen molar-refractivity contribution >= 4 is 45.8 Å². The number of nitrogens with one attached hydrogen (secondary N) is 2. The summed E-state index contributed by atoms with van der Waals surface area (Å²) >= 11 is 2.12. The number of hydrogen-bond donors (Lipinski definition) is 2. The van der Waals surface area contributed by atoms with Crippen molar-refractivity contribution in [1.82, 2.24) is 0 Å². The van der Waals surface area contributed by atoms with E-state index in [-0.39, 0.29) is 12.5 Å². The molecule has 0 aromatic heterocycles. The Kier molecular flexibility index (Phi) is 5.76. The predicted molar refractivity (Wildman–Crippen MR) is 94.1 cm³/mol. The first kappa shape index (κ1) is 16.3. The lowest BCUT2D eigenvalue weighted by molar-refractivity contribution is -0.119. The van der Waals surface area contributed by atoms with Crippen LogP contribution in [0.2, 0.25) is 0 Å². The van der Waals surface area contributed by atoms with E-state index in [1.54, 1.807) is 31.3 Å². The standard InChI is InChI=1S/C16H15IN2O3/c1-18-13-8-4-2-6-11(13)16(21)22-10-15(20)19-14-9-5-3-7-12(14)17/h2-9,18H,10H2,1H3,(H,19,20). The topological polar surface area (TPSA) is 67.4 Å². The fourth-order valence-electron chi connectivity index (χ4n) is 1.84. The highest BCUT2D eigenvalue weighted by Crippen LogP contribution is 2.17. The predicted octanol–water partition coefficient (Wildman–Crippen LogP) is 3.13. The van der Waals surface area contributed by atoms with Crippen LogP contribution in [0.25, 0.3) is 0 Å². The maximum absolute atomic E-state index is 12.0. The number of anilines is 2. The van der Waals surface area contributed by atoms with Gasteiger partial charge in [-0.3, -0.25) is 4.79 Å². The highest BCUT2D eigenvalue weighted by atomic mass is 127. The van der Waals surface area contributed by atoms with Gasteiger partial charge in [0.15, 0.2) is 6.61 Å². The Balaban J connectivity index is 1.94. The van der Waals surface area contributed by atoms with Crippen LogP contribution >= 0.6 is 22.6 Å². The minimum atomic E-state index is -0.539. The zero-order valence-corrected chi connectivity index (χ0v) is 14.1. The molecule has 6 heteroatoms. The molecule has 0 spiro atoms. The van der Waals surface area contributed by atoms with E-state index in [0.29, 0.717) is 16.9 Å². The van der Waals surface area contributed by atoms with Crippen LogP contribution in [-0.2, 0) is 9.53 Å². The summed E-state index contributed by atoms with van der Waals surface area (Å²) in [5.74, 6) is -0.915. The van der Waals surface area contributed by atoms with Gasteiger partial charge in [-0.05, 0) is 46.9 Å². The molecule has 114 valence electrons. The zero-order valence-electron chi connectivity index (χ0n) is 11.9. The summed E-state index contributed by atoms with van der Waals surface area (Å²) in [6.07, 6.45) is 0. The van der Waals surface area contributed by atoms with Crippen LogP contribution in [0, 0.1) is 3.57 Å². The highest BCUT2D eigenvalue weighted by Gasteiger charge is 2.14. The fraction of sp³-hybridized carbons (Fsp3) is 0.125. The number of carbonyl (C=O) groups excluding carboxylic acids is 2. The molecule has 0 aliphatic rings. The summed E-state index contributed by atoms with van der Waals surface area (Å²) in [6.45, 7) is -0.331. The molecule has 2 rings (SSSR count). The summed E-state index contributed by atoms with van der Waals surface area (Å²) in [5, 5.41) is 5.62. The minimum Gasteiger partial charge on any atom is -0.452 e. The maximum Gasteiger partial charge on any atom is 0.340 e. The van der Waals surface area contributed by atoms with E-state index in [0.717, 1.165) is 3.57 Å². The molecule has 2 aromatic carbocycles. The molecular weight excluding hydrogens is 395 g/mol. The van der Waals surface area contributed by atoms with E-state index >= 15 is 0 Å². The van der Waals surface area contributed by atoms with Crippen LogP contribution in [-0.4, -0.2) is 25.5 Å². The number of rotatable bonds is 5. The number of halogens is 1. The van der Waals surface area contributed by atoms with Crippen molar-refractivity contribution in [3.8, 4) is 0 Å². The van der Waals surface area contributed by atoms with Crippen molar-refractivity contribution < 1.29 is 14.3 Å². The van der Waals surface area contributed by atoms with E-state index in [9.17, 15) is 9.59 Å². The molecule has 0 atom stereocenters. The van der Waals surface area contributed by atoms with Crippen molar-refractivity contribution in [2.45, 2.75) is 0 Å². The van der Waals surface area contributed by atoms with Crippen LogP contribution in [0.3, 0.4) is 0 Å². The summed E-state index contributed by atoms with van der Waals surface area (Å²) < 4.78 is 5.97. The van der Waals surface area contributed by atoms with Crippen molar-refractivity contribution in [3.05, 3.63) is 57.7 Å². The smallest absolute Gasteiger partial charge is 0.340 e. The van der Waals surface area contributed by atoms with E-state index < -0.39 is 5.97 Å². The molecule has 0 fully saturated rings. The lowest BCUT2D eigenvalue weighted by Gasteiger charge is -2.10. The lowest BCUT2D eigenvalue weighted by atomic mass is 10.2. The molecule has 0 radical (unpaired) electrons. The fourth-order valence-corrected chi connectivity index (χ4v) is 2.36. The Bertz CT molecular complexity index is 689. The van der Waals surface area contributed by atoms with Gasteiger partial charge >= 0.3 is 5.97 Å². The Labute approximate surface area is 142 Å². The maximum atomic E-state index is 12.0. The van der Waals surface area contributed by atoms with Gasteiger partial charge in [0.1, 0.15) is 0 Å². The van der Waals surface area contributed by atoms with Gasteiger partial charge < -0.3 is 15.4 Å². The molecule has 5 nitrogen and oxygen atoms in total. The van der Waals surface area contributed by atoms with Crippen molar-refractivity contribution in [3.63, 3.8) is 0 Å². The number of hydrogen-bond acceptors (Lipinski definition) is 4. The first-order chi connectivity index (χ1) is 10.6. The molecule has 0 bridgehead atoms. The molecule has 1 amide bonds. The summed E-state index contributed by atoms with van der Waals surface area (Å²) in [4.78, 5) is 23.9. The number of carbonyl (C=O) groups is 2. The normalized spacial score (nSPS) is 9.91.